The normalized spacial score (nSPS) is 12.0. The average molecular weight is 397 g/mol. The molecule has 0 radical (unpaired) electrons. The molecule has 0 saturated heterocycles. The molecule has 4 rings (SSSR count). The van der Waals surface area contributed by atoms with Crippen LogP contribution in [0.25, 0.3) is 16.7 Å². The Labute approximate surface area is 164 Å². The highest BCUT2D eigenvalue weighted by Crippen LogP contribution is 2.23. The summed E-state index contributed by atoms with van der Waals surface area (Å²) < 4.78 is 17.6. The third kappa shape index (κ3) is 3.26. The molecular formula is C19H20FN7O2. The fourth-order valence-electron chi connectivity index (χ4n) is 3.14. The van der Waals surface area contributed by atoms with Crippen molar-refractivity contribution in [3.05, 3.63) is 52.5 Å². The minimum atomic E-state index is -0.490. The number of carbonyl (C=O) groups excluding carboxylic acids is 1. The van der Waals surface area contributed by atoms with Crippen molar-refractivity contribution in [2.24, 2.45) is 7.05 Å². The number of amides is 1. The van der Waals surface area contributed by atoms with Gasteiger partial charge in [0.05, 0.1) is 18.1 Å². The molecule has 4 aromatic heterocycles. The summed E-state index contributed by atoms with van der Waals surface area (Å²) in [4.78, 5) is 29.4. The lowest BCUT2D eigenvalue weighted by molar-refractivity contribution is -0.116. The Morgan fingerprint density at radius 2 is 2.00 bits per heavy atom. The van der Waals surface area contributed by atoms with E-state index >= 15 is 0 Å². The highest BCUT2D eigenvalue weighted by Gasteiger charge is 2.23. The first-order valence-electron chi connectivity index (χ1n) is 9.01. The summed E-state index contributed by atoms with van der Waals surface area (Å²) in [5.41, 5.74) is 1.15. The van der Waals surface area contributed by atoms with Crippen LogP contribution in [0, 0.1) is 5.82 Å². The molecule has 0 unspecified atom stereocenters. The molecule has 1 amide bonds. The second-order valence-electron chi connectivity index (χ2n) is 7.86. The summed E-state index contributed by atoms with van der Waals surface area (Å²) in [5, 5.41) is 11.6. The summed E-state index contributed by atoms with van der Waals surface area (Å²) in [7, 11) is 1.70. The molecule has 0 spiro atoms. The molecule has 0 aliphatic heterocycles. The Morgan fingerprint density at radius 1 is 1.24 bits per heavy atom. The zero-order valence-electron chi connectivity index (χ0n) is 16.5. The Hall–Kier alpha value is -3.56. The van der Waals surface area contributed by atoms with Gasteiger partial charge >= 0.3 is 0 Å². The average Bonchev–Trinajstić information content (AvgIpc) is 3.25. The van der Waals surface area contributed by atoms with Crippen LogP contribution in [0.3, 0.4) is 0 Å². The number of nitrogens with one attached hydrogen (secondary N) is 1. The number of aromatic nitrogens is 6. The molecule has 4 heterocycles. The standard InChI is InChI=1S/C19H20FN7O2/c1-19(2,3)13-7-16-26(10-15(28)23-14-6-5-11(20)8-21-14)17-12(9-22-25(17)4)18(29)27(16)24-13/h5-9H,10H2,1-4H3,(H,21,23,28). The molecular weight excluding hydrogens is 377 g/mol. The lowest BCUT2D eigenvalue weighted by Crippen LogP contribution is -2.25. The van der Waals surface area contributed by atoms with Gasteiger partial charge in [-0.15, -0.1) is 0 Å². The topological polar surface area (TPSA) is 99.1 Å². The summed E-state index contributed by atoms with van der Waals surface area (Å²) in [6, 6.07) is 4.40. The fraction of sp³-hybridized carbons (Fsp3) is 0.316. The zero-order valence-corrected chi connectivity index (χ0v) is 16.5. The SMILES string of the molecule is Cn1ncc2c(=O)n3nc(C(C)(C)C)cc3n(CC(=O)Nc3ccc(F)cn3)c21. The second kappa shape index (κ2) is 6.50. The molecule has 0 atom stereocenters. The molecule has 0 aromatic carbocycles. The molecule has 29 heavy (non-hydrogen) atoms. The van der Waals surface area contributed by atoms with Crippen LogP contribution in [0.1, 0.15) is 26.5 Å². The number of hydrogen-bond acceptors (Lipinski definition) is 5. The number of fused-ring (bicyclic) bond motifs is 2. The maximum absolute atomic E-state index is 13.0. The van der Waals surface area contributed by atoms with Crippen molar-refractivity contribution >= 4 is 28.4 Å². The summed E-state index contributed by atoms with van der Waals surface area (Å²) >= 11 is 0. The van der Waals surface area contributed by atoms with Crippen LogP contribution >= 0.6 is 0 Å². The zero-order chi connectivity index (χ0) is 20.9. The van der Waals surface area contributed by atoms with Gasteiger partial charge < -0.3 is 9.88 Å². The van der Waals surface area contributed by atoms with E-state index in [-0.39, 0.29) is 29.2 Å². The van der Waals surface area contributed by atoms with Gasteiger partial charge in [-0.2, -0.15) is 14.7 Å². The monoisotopic (exact) mass is 397 g/mol. The van der Waals surface area contributed by atoms with Crippen LogP contribution in [0.2, 0.25) is 0 Å². The van der Waals surface area contributed by atoms with E-state index in [4.69, 9.17) is 0 Å². The molecule has 0 saturated carbocycles. The van der Waals surface area contributed by atoms with E-state index in [1.807, 2.05) is 20.8 Å². The van der Waals surface area contributed by atoms with Gasteiger partial charge in [0.2, 0.25) is 5.91 Å². The van der Waals surface area contributed by atoms with Gasteiger partial charge in [0.1, 0.15) is 34.9 Å². The van der Waals surface area contributed by atoms with Crippen LogP contribution in [0.5, 0.6) is 0 Å². The summed E-state index contributed by atoms with van der Waals surface area (Å²) in [6.45, 7) is 5.89. The van der Waals surface area contributed by atoms with Crippen molar-refractivity contribution < 1.29 is 9.18 Å². The minimum absolute atomic E-state index is 0.103. The number of pyridine rings is 1. The van der Waals surface area contributed by atoms with E-state index < -0.39 is 5.82 Å². The molecule has 150 valence electrons. The van der Waals surface area contributed by atoms with Crippen LogP contribution in [0.15, 0.2) is 35.4 Å². The molecule has 1 N–H and O–H groups in total. The number of aryl methyl sites for hydroxylation is 1. The van der Waals surface area contributed by atoms with Gasteiger partial charge in [0.15, 0.2) is 0 Å². The Bertz CT molecular complexity index is 1290. The molecule has 9 nitrogen and oxygen atoms in total. The van der Waals surface area contributed by atoms with E-state index in [1.54, 1.807) is 22.4 Å². The van der Waals surface area contributed by atoms with Crippen molar-refractivity contribution in [3.63, 3.8) is 0 Å². The number of anilines is 1. The first-order chi connectivity index (χ1) is 13.6. The van der Waals surface area contributed by atoms with Crippen LogP contribution in [0.4, 0.5) is 10.2 Å². The molecule has 10 heteroatoms. The lowest BCUT2D eigenvalue weighted by atomic mass is 9.93. The molecule has 4 aromatic rings. The van der Waals surface area contributed by atoms with Crippen molar-refractivity contribution in [3.8, 4) is 0 Å². The van der Waals surface area contributed by atoms with Gasteiger partial charge in [-0.1, -0.05) is 20.8 Å². The van der Waals surface area contributed by atoms with Crippen molar-refractivity contribution in [2.75, 3.05) is 5.32 Å². The maximum Gasteiger partial charge on any atom is 0.285 e. The van der Waals surface area contributed by atoms with Gasteiger partial charge in [-0.3, -0.25) is 14.3 Å². The Balaban J connectivity index is 1.84. The van der Waals surface area contributed by atoms with Crippen molar-refractivity contribution in [2.45, 2.75) is 32.7 Å². The third-order valence-electron chi connectivity index (χ3n) is 4.62. The first kappa shape index (κ1) is 18.8. The van der Waals surface area contributed by atoms with E-state index in [0.29, 0.717) is 16.7 Å². The minimum Gasteiger partial charge on any atom is -0.309 e. The number of rotatable bonds is 3. The van der Waals surface area contributed by atoms with E-state index in [2.05, 4.69) is 20.5 Å². The van der Waals surface area contributed by atoms with E-state index in [0.717, 1.165) is 11.9 Å². The van der Waals surface area contributed by atoms with Gasteiger partial charge in [0.25, 0.3) is 5.56 Å². The molecule has 0 aliphatic rings. The predicted octanol–water partition coefficient (Wildman–Crippen LogP) is 1.85. The Morgan fingerprint density at radius 3 is 2.66 bits per heavy atom. The third-order valence-corrected chi connectivity index (χ3v) is 4.62. The fourth-order valence-corrected chi connectivity index (χ4v) is 3.14. The predicted molar refractivity (Wildman–Crippen MR) is 105 cm³/mol. The molecule has 0 bridgehead atoms. The first-order valence-corrected chi connectivity index (χ1v) is 9.01. The lowest BCUT2D eigenvalue weighted by Gasteiger charge is -2.13. The van der Waals surface area contributed by atoms with Crippen LogP contribution < -0.4 is 10.9 Å². The number of carbonyl (C=O) groups is 1. The van der Waals surface area contributed by atoms with E-state index in [1.165, 1.54) is 22.8 Å². The second-order valence-corrected chi connectivity index (χ2v) is 7.86. The summed E-state index contributed by atoms with van der Waals surface area (Å²) in [5.74, 6) is -0.634. The number of halogens is 1. The smallest absolute Gasteiger partial charge is 0.285 e. The van der Waals surface area contributed by atoms with Crippen molar-refractivity contribution in [1.82, 2.24) is 28.9 Å². The summed E-state index contributed by atoms with van der Waals surface area (Å²) in [6.07, 6.45) is 2.49. The highest BCUT2D eigenvalue weighted by atomic mass is 19.1. The maximum atomic E-state index is 13.0. The van der Waals surface area contributed by atoms with Crippen LogP contribution in [-0.2, 0) is 23.8 Å². The Kier molecular flexibility index (Phi) is 4.21. The van der Waals surface area contributed by atoms with Crippen LogP contribution in [-0.4, -0.2) is 34.9 Å². The largest absolute Gasteiger partial charge is 0.309 e. The number of nitrogens with zero attached hydrogens (tertiary/aromatic N) is 6. The van der Waals surface area contributed by atoms with Gasteiger partial charge in [0, 0.05) is 18.5 Å². The van der Waals surface area contributed by atoms with E-state index in [9.17, 15) is 14.0 Å². The number of hydrogen-bond donors (Lipinski definition) is 1. The molecule has 0 fully saturated rings. The quantitative estimate of drug-likeness (QED) is 0.569. The molecule has 0 aliphatic carbocycles. The van der Waals surface area contributed by atoms with Crippen molar-refractivity contribution in [1.29, 1.82) is 0 Å². The van der Waals surface area contributed by atoms with Gasteiger partial charge in [-0.25, -0.2) is 9.37 Å². The van der Waals surface area contributed by atoms with Gasteiger partial charge in [-0.05, 0) is 12.1 Å². The highest BCUT2D eigenvalue weighted by molar-refractivity contribution is 5.91.